The Balaban J connectivity index is 0.00000529. The van der Waals surface area contributed by atoms with Crippen LogP contribution < -0.4 is 10.6 Å². The highest BCUT2D eigenvalue weighted by atomic mass is 127. The summed E-state index contributed by atoms with van der Waals surface area (Å²) in [6, 6.07) is 0. The van der Waals surface area contributed by atoms with Crippen molar-refractivity contribution < 1.29 is 4.74 Å². The van der Waals surface area contributed by atoms with E-state index in [9.17, 15) is 0 Å². The van der Waals surface area contributed by atoms with E-state index in [1.54, 1.807) is 7.11 Å². The molecule has 0 saturated carbocycles. The van der Waals surface area contributed by atoms with Crippen LogP contribution in [0.1, 0.15) is 51.6 Å². The maximum absolute atomic E-state index is 5.45. The van der Waals surface area contributed by atoms with Crippen molar-refractivity contribution in [2.45, 2.75) is 59.6 Å². The number of hydrogen-bond donors (Lipinski definition) is 2. The smallest absolute Gasteiger partial charge is 0.191 e. The maximum Gasteiger partial charge on any atom is 0.191 e. The van der Waals surface area contributed by atoms with Gasteiger partial charge in [-0.1, -0.05) is 13.8 Å². The monoisotopic (exact) mass is 451 g/mol. The lowest BCUT2D eigenvalue weighted by atomic mass is 10.1. The molecule has 1 heterocycles. The van der Waals surface area contributed by atoms with Crippen LogP contribution in [0.15, 0.2) is 4.99 Å². The first-order valence-corrected chi connectivity index (χ1v) is 8.49. The molecule has 140 valence electrons. The van der Waals surface area contributed by atoms with Crippen molar-refractivity contribution in [3.8, 4) is 0 Å². The third-order valence-electron chi connectivity index (χ3n) is 4.00. The molecule has 7 heteroatoms. The second-order valence-electron chi connectivity index (χ2n) is 6.22. The van der Waals surface area contributed by atoms with E-state index in [0.717, 1.165) is 31.0 Å². The van der Waals surface area contributed by atoms with Crippen LogP contribution >= 0.6 is 24.0 Å². The first-order valence-electron chi connectivity index (χ1n) is 8.49. The van der Waals surface area contributed by atoms with Crippen LogP contribution in [-0.4, -0.2) is 41.5 Å². The number of rotatable bonds is 8. The lowest BCUT2D eigenvalue weighted by Gasteiger charge is -2.24. The molecule has 0 aliphatic heterocycles. The highest BCUT2D eigenvalue weighted by Gasteiger charge is 2.17. The van der Waals surface area contributed by atoms with Gasteiger partial charge in [0.25, 0.3) is 0 Å². The molecule has 0 aliphatic rings. The number of aromatic nitrogens is 2. The zero-order chi connectivity index (χ0) is 17.5. The molecule has 1 aromatic heterocycles. The summed E-state index contributed by atoms with van der Waals surface area (Å²) in [6.07, 6.45) is 1.90. The highest BCUT2D eigenvalue weighted by Crippen LogP contribution is 2.16. The largest absolute Gasteiger partial charge is 0.377 e. The van der Waals surface area contributed by atoms with Crippen LogP contribution in [0, 0.1) is 0 Å². The minimum atomic E-state index is -0.229. The molecule has 0 radical (unpaired) electrons. The summed E-state index contributed by atoms with van der Waals surface area (Å²) in [5.74, 6) is 0.811. The van der Waals surface area contributed by atoms with Gasteiger partial charge in [0.1, 0.15) is 0 Å². The molecule has 1 rings (SSSR count). The molecule has 0 amide bonds. The van der Waals surface area contributed by atoms with Gasteiger partial charge in [-0.2, -0.15) is 5.10 Å². The fraction of sp³-hybridized carbons (Fsp3) is 0.765. The van der Waals surface area contributed by atoms with Gasteiger partial charge >= 0.3 is 0 Å². The fourth-order valence-electron chi connectivity index (χ4n) is 2.44. The number of nitrogens with one attached hydrogen (secondary N) is 2. The van der Waals surface area contributed by atoms with Crippen LogP contribution in [0.25, 0.3) is 0 Å². The molecule has 0 aliphatic carbocycles. The summed E-state index contributed by atoms with van der Waals surface area (Å²) in [4.78, 5) is 4.74. The van der Waals surface area contributed by atoms with E-state index < -0.39 is 0 Å². The molecule has 6 nitrogen and oxygen atoms in total. The van der Waals surface area contributed by atoms with Crippen LogP contribution in [0.4, 0.5) is 0 Å². The minimum Gasteiger partial charge on any atom is -0.377 e. The zero-order valence-corrected chi connectivity index (χ0v) is 18.5. The van der Waals surface area contributed by atoms with Gasteiger partial charge < -0.3 is 15.4 Å². The summed E-state index contributed by atoms with van der Waals surface area (Å²) in [5.41, 5.74) is 3.42. The number of methoxy groups -OCH3 is 1. The maximum atomic E-state index is 5.45. The standard InChI is InChI=1S/C17H33N5O.HI/c1-8-14-13(15(9-2)22(6)21-14)11-19-16(18-10-3)20-12-17(4,5)23-7;/h8-12H2,1-7H3,(H2,18,19,20);1H. The molecular formula is C17H34IN5O. The van der Waals surface area contributed by atoms with Crippen molar-refractivity contribution in [1.82, 2.24) is 20.4 Å². The Morgan fingerprint density at radius 1 is 1.21 bits per heavy atom. The molecule has 0 saturated heterocycles. The Morgan fingerprint density at radius 3 is 2.38 bits per heavy atom. The van der Waals surface area contributed by atoms with Gasteiger partial charge in [0, 0.05) is 38.5 Å². The van der Waals surface area contributed by atoms with Crippen molar-refractivity contribution >= 4 is 29.9 Å². The molecule has 0 unspecified atom stereocenters. The number of aliphatic imine (C=N–C) groups is 1. The Bertz CT molecular complexity index is 525. The van der Waals surface area contributed by atoms with Gasteiger partial charge in [-0.25, -0.2) is 4.99 Å². The van der Waals surface area contributed by atoms with E-state index in [4.69, 9.17) is 9.73 Å². The number of guanidine groups is 1. The van der Waals surface area contributed by atoms with Crippen LogP contribution in [0.5, 0.6) is 0 Å². The molecule has 1 aromatic rings. The topological polar surface area (TPSA) is 63.5 Å². The Labute approximate surface area is 163 Å². The van der Waals surface area contributed by atoms with Gasteiger partial charge in [0.2, 0.25) is 0 Å². The molecule has 0 fully saturated rings. The average Bonchev–Trinajstić information content (AvgIpc) is 2.85. The van der Waals surface area contributed by atoms with Crippen LogP contribution in [0.3, 0.4) is 0 Å². The zero-order valence-electron chi connectivity index (χ0n) is 16.2. The van der Waals surface area contributed by atoms with E-state index in [1.165, 1.54) is 11.3 Å². The van der Waals surface area contributed by atoms with E-state index >= 15 is 0 Å². The molecule has 0 spiro atoms. The third kappa shape index (κ3) is 6.58. The molecule has 0 atom stereocenters. The van der Waals surface area contributed by atoms with Gasteiger partial charge in [-0.3, -0.25) is 4.68 Å². The van der Waals surface area contributed by atoms with Gasteiger partial charge in [0.15, 0.2) is 5.96 Å². The lowest BCUT2D eigenvalue weighted by Crippen LogP contribution is -2.45. The predicted molar refractivity (Wildman–Crippen MR) is 111 cm³/mol. The Hall–Kier alpha value is -0.830. The third-order valence-corrected chi connectivity index (χ3v) is 4.00. The van der Waals surface area contributed by atoms with Gasteiger partial charge in [-0.15, -0.1) is 24.0 Å². The minimum absolute atomic E-state index is 0. The van der Waals surface area contributed by atoms with Crippen LogP contribution in [0.2, 0.25) is 0 Å². The second-order valence-corrected chi connectivity index (χ2v) is 6.22. The van der Waals surface area contributed by atoms with Crippen molar-refractivity contribution in [3.05, 3.63) is 17.0 Å². The van der Waals surface area contributed by atoms with E-state index in [-0.39, 0.29) is 29.6 Å². The van der Waals surface area contributed by atoms with E-state index in [1.807, 2.05) is 11.7 Å². The highest BCUT2D eigenvalue weighted by molar-refractivity contribution is 14.0. The van der Waals surface area contributed by atoms with Gasteiger partial charge in [-0.05, 0) is 33.6 Å². The summed E-state index contributed by atoms with van der Waals surface area (Å²) in [5, 5.41) is 11.2. The Morgan fingerprint density at radius 2 is 1.88 bits per heavy atom. The first-order chi connectivity index (χ1) is 10.9. The van der Waals surface area contributed by atoms with Crippen molar-refractivity contribution in [1.29, 1.82) is 0 Å². The summed E-state index contributed by atoms with van der Waals surface area (Å²) in [7, 11) is 3.73. The first kappa shape index (κ1) is 23.2. The lowest BCUT2D eigenvalue weighted by molar-refractivity contribution is 0.0268. The van der Waals surface area contributed by atoms with Gasteiger partial charge in [0.05, 0.1) is 17.8 Å². The Kier molecular flexibility index (Phi) is 10.5. The summed E-state index contributed by atoms with van der Waals surface area (Å²) in [6.45, 7) is 12.6. The van der Waals surface area contributed by atoms with Crippen molar-refractivity contribution in [2.24, 2.45) is 12.0 Å². The summed E-state index contributed by atoms with van der Waals surface area (Å²) >= 11 is 0. The van der Waals surface area contributed by atoms with E-state index in [2.05, 4.69) is 50.4 Å². The van der Waals surface area contributed by atoms with Crippen LogP contribution in [-0.2, 0) is 31.2 Å². The number of ether oxygens (including phenoxy) is 1. The number of nitrogens with zero attached hydrogens (tertiary/aromatic N) is 3. The predicted octanol–water partition coefficient (Wildman–Crippen LogP) is 2.64. The van der Waals surface area contributed by atoms with Crippen molar-refractivity contribution in [3.63, 3.8) is 0 Å². The SMILES string of the molecule is CCNC(=NCc1c(CC)nn(C)c1CC)NCC(C)(C)OC.I. The quantitative estimate of drug-likeness (QED) is 0.363. The normalized spacial score (nSPS) is 12.0. The fourth-order valence-corrected chi connectivity index (χ4v) is 2.44. The average molecular weight is 451 g/mol. The number of aryl methyl sites for hydroxylation is 2. The molecule has 0 bridgehead atoms. The van der Waals surface area contributed by atoms with Crippen molar-refractivity contribution in [2.75, 3.05) is 20.2 Å². The molecule has 24 heavy (non-hydrogen) atoms. The number of halogens is 1. The number of hydrogen-bond acceptors (Lipinski definition) is 3. The second kappa shape index (κ2) is 10.9. The molecular weight excluding hydrogens is 417 g/mol. The molecule has 2 N–H and O–H groups in total. The summed E-state index contributed by atoms with van der Waals surface area (Å²) < 4.78 is 7.43. The molecule has 0 aromatic carbocycles. The van der Waals surface area contributed by atoms with E-state index in [0.29, 0.717) is 13.1 Å².